The van der Waals surface area contributed by atoms with Crippen molar-refractivity contribution in [2.24, 2.45) is 0 Å². The van der Waals surface area contributed by atoms with Crippen LogP contribution in [0.15, 0.2) is 30.3 Å². The van der Waals surface area contributed by atoms with Crippen LogP contribution < -0.4 is 0 Å². The highest BCUT2D eigenvalue weighted by Gasteiger charge is 2.46. The average Bonchev–Trinajstić information content (AvgIpc) is 2.86. The summed E-state index contributed by atoms with van der Waals surface area (Å²) in [4.78, 5) is 17.4. The van der Waals surface area contributed by atoms with E-state index in [1.54, 1.807) is 0 Å². The molecule has 0 aromatic heterocycles. The fraction of sp³-hybridized carbons (Fsp3) is 0.611. The quantitative estimate of drug-likeness (QED) is 0.770. The average molecular weight is 288 g/mol. The summed E-state index contributed by atoms with van der Waals surface area (Å²) in [7, 11) is 0. The topological polar surface area (TPSA) is 23.6 Å². The first kappa shape index (κ1) is 16.0. The van der Waals surface area contributed by atoms with E-state index in [1.807, 2.05) is 11.0 Å². The molecule has 1 aliphatic heterocycles. The Morgan fingerprint density at radius 2 is 1.81 bits per heavy atom. The van der Waals surface area contributed by atoms with Crippen LogP contribution in [-0.4, -0.2) is 48.4 Å². The Morgan fingerprint density at radius 3 is 2.33 bits per heavy atom. The molecule has 2 rings (SSSR count). The Bertz CT molecular complexity index is 456. The lowest BCUT2D eigenvalue weighted by molar-refractivity contribution is -0.132. The first-order valence-corrected chi connectivity index (χ1v) is 8.25. The molecule has 1 heterocycles. The number of likely N-dealkylation sites (N-methyl/N-ethyl adjacent to an activating group) is 1. The molecule has 1 atom stereocenters. The molecule has 1 aliphatic rings. The summed E-state index contributed by atoms with van der Waals surface area (Å²) in [5, 5.41) is 0. The minimum Gasteiger partial charge on any atom is -0.342 e. The number of likely N-dealkylation sites (tertiary alicyclic amines) is 1. The Morgan fingerprint density at radius 1 is 1.14 bits per heavy atom. The molecule has 0 aliphatic carbocycles. The maximum atomic E-state index is 13.0. The number of hydrogen-bond donors (Lipinski definition) is 0. The predicted octanol–water partition coefficient (Wildman–Crippen LogP) is 2.91. The van der Waals surface area contributed by atoms with Crippen LogP contribution in [0.25, 0.3) is 0 Å². The highest BCUT2D eigenvalue weighted by atomic mass is 16.2. The number of rotatable bonds is 7. The van der Waals surface area contributed by atoms with Gasteiger partial charge in [0.2, 0.25) is 5.91 Å². The predicted molar refractivity (Wildman–Crippen MR) is 87.4 cm³/mol. The van der Waals surface area contributed by atoms with Gasteiger partial charge in [-0.25, -0.2) is 0 Å². The molecule has 3 heteroatoms. The summed E-state index contributed by atoms with van der Waals surface area (Å²) in [5.41, 5.74) is 0.887. The minimum atomic E-state index is -0.306. The van der Waals surface area contributed by atoms with Crippen LogP contribution in [-0.2, 0) is 10.2 Å². The molecule has 0 spiro atoms. The lowest BCUT2D eigenvalue weighted by atomic mass is 9.76. The van der Waals surface area contributed by atoms with E-state index in [4.69, 9.17) is 0 Å². The molecule has 0 saturated carbocycles. The third-order valence-corrected chi connectivity index (χ3v) is 4.96. The first-order valence-electron chi connectivity index (χ1n) is 8.25. The highest BCUT2D eigenvalue weighted by Crippen LogP contribution is 2.39. The first-order chi connectivity index (χ1) is 10.2. The van der Waals surface area contributed by atoms with E-state index < -0.39 is 0 Å². The largest absolute Gasteiger partial charge is 0.342 e. The lowest BCUT2D eigenvalue weighted by Crippen LogP contribution is -2.40. The zero-order valence-electron chi connectivity index (χ0n) is 13.6. The zero-order valence-corrected chi connectivity index (χ0v) is 13.6. The van der Waals surface area contributed by atoms with E-state index in [0.29, 0.717) is 5.91 Å². The highest BCUT2D eigenvalue weighted by molar-refractivity contribution is 5.90. The summed E-state index contributed by atoms with van der Waals surface area (Å²) < 4.78 is 0. The van der Waals surface area contributed by atoms with Crippen molar-refractivity contribution in [1.82, 2.24) is 9.80 Å². The summed E-state index contributed by atoms with van der Waals surface area (Å²) in [6.07, 6.45) is 1.87. The van der Waals surface area contributed by atoms with Crippen LogP contribution in [0.5, 0.6) is 0 Å². The fourth-order valence-corrected chi connectivity index (χ4v) is 3.43. The molecule has 1 aromatic carbocycles. The van der Waals surface area contributed by atoms with Crippen LogP contribution >= 0.6 is 0 Å². The molecular weight excluding hydrogens is 260 g/mol. The third-order valence-electron chi connectivity index (χ3n) is 4.96. The second-order valence-electron chi connectivity index (χ2n) is 5.86. The maximum Gasteiger partial charge on any atom is 0.233 e. The van der Waals surface area contributed by atoms with E-state index in [9.17, 15) is 4.79 Å². The monoisotopic (exact) mass is 288 g/mol. The summed E-state index contributed by atoms with van der Waals surface area (Å²) in [6.45, 7) is 11.2. The SMILES string of the molecule is CCN(CC)CC[C@@]1(c2ccccc2)CCN(CC)C1=O. The van der Waals surface area contributed by atoms with Crippen LogP contribution in [0.4, 0.5) is 0 Å². The maximum absolute atomic E-state index is 13.0. The van der Waals surface area contributed by atoms with Crippen molar-refractivity contribution in [1.29, 1.82) is 0 Å². The Kier molecular flexibility index (Phi) is 5.40. The number of carbonyl (C=O) groups is 1. The van der Waals surface area contributed by atoms with Gasteiger partial charge in [0.05, 0.1) is 5.41 Å². The summed E-state index contributed by atoms with van der Waals surface area (Å²) in [5.74, 6) is 0.323. The van der Waals surface area contributed by atoms with E-state index in [-0.39, 0.29) is 5.41 Å². The number of amides is 1. The van der Waals surface area contributed by atoms with Gasteiger partial charge in [-0.3, -0.25) is 4.79 Å². The third kappa shape index (κ3) is 3.13. The van der Waals surface area contributed by atoms with Gasteiger partial charge >= 0.3 is 0 Å². The molecule has 1 amide bonds. The second-order valence-corrected chi connectivity index (χ2v) is 5.86. The van der Waals surface area contributed by atoms with Crippen LogP contribution in [0.3, 0.4) is 0 Å². The lowest BCUT2D eigenvalue weighted by Gasteiger charge is -2.31. The Labute approximate surface area is 128 Å². The second kappa shape index (κ2) is 7.08. The van der Waals surface area contributed by atoms with E-state index in [1.165, 1.54) is 5.56 Å². The van der Waals surface area contributed by atoms with Crippen LogP contribution in [0.2, 0.25) is 0 Å². The normalized spacial score (nSPS) is 22.3. The van der Waals surface area contributed by atoms with Crippen molar-refractivity contribution in [2.75, 3.05) is 32.7 Å². The summed E-state index contributed by atoms with van der Waals surface area (Å²) >= 11 is 0. The van der Waals surface area contributed by atoms with Gasteiger partial charge < -0.3 is 9.80 Å². The van der Waals surface area contributed by atoms with Crippen molar-refractivity contribution < 1.29 is 4.79 Å². The van der Waals surface area contributed by atoms with E-state index in [2.05, 4.69) is 49.9 Å². The number of hydrogen-bond acceptors (Lipinski definition) is 2. The smallest absolute Gasteiger partial charge is 0.233 e. The van der Waals surface area contributed by atoms with Crippen LogP contribution in [0, 0.1) is 0 Å². The molecule has 1 aromatic rings. The van der Waals surface area contributed by atoms with Gasteiger partial charge in [0.1, 0.15) is 0 Å². The Hall–Kier alpha value is -1.35. The number of benzene rings is 1. The summed E-state index contributed by atoms with van der Waals surface area (Å²) in [6, 6.07) is 10.4. The molecule has 21 heavy (non-hydrogen) atoms. The molecular formula is C18H28N2O. The Balaban J connectivity index is 2.26. The van der Waals surface area contributed by atoms with Crippen molar-refractivity contribution >= 4 is 5.91 Å². The van der Waals surface area contributed by atoms with Gasteiger partial charge in [-0.1, -0.05) is 44.2 Å². The molecule has 3 nitrogen and oxygen atoms in total. The number of nitrogens with zero attached hydrogens (tertiary/aromatic N) is 2. The van der Waals surface area contributed by atoms with E-state index >= 15 is 0 Å². The van der Waals surface area contributed by atoms with Gasteiger partial charge in [0.15, 0.2) is 0 Å². The van der Waals surface area contributed by atoms with Crippen LogP contribution in [0.1, 0.15) is 39.2 Å². The van der Waals surface area contributed by atoms with Gasteiger partial charge in [0.25, 0.3) is 0 Å². The molecule has 1 fully saturated rings. The van der Waals surface area contributed by atoms with Gasteiger partial charge in [-0.2, -0.15) is 0 Å². The van der Waals surface area contributed by atoms with E-state index in [0.717, 1.165) is 45.6 Å². The van der Waals surface area contributed by atoms with Crippen molar-refractivity contribution in [2.45, 2.75) is 39.0 Å². The van der Waals surface area contributed by atoms with Gasteiger partial charge in [-0.15, -0.1) is 0 Å². The molecule has 116 valence electrons. The fourth-order valence-electron chi connectivity index (χ4n) is 3.43. The van der Waals surface area contributed by atoms with Crippen molar-refractivity contribution in [3.63, 3.8) is 0 Å². The minimum absolute atomic E-state index is 0.306. The molecule has 0 radical (unpaired) electrons. The molecule has 0 unspecified atom stereocenters. The molecule has 0 N–H and O–H groups in total. The van der Waals surface area contributed by atoms with Gasteiger partial charge in [-0.05, 0) is 45.0 Å². The molecule has 1 saturated heterocycles. The zero-order chi connectivity index (χ0) is 15.3. The standard InChI is InChI=1S/C18H28N2O/c1-4-19(5-2)14-12-18(16-10-8-7-9-11-16)13-15-20(6-3)17(18)21/h7-11H,4-6,12-15H2,1-3H3/t18-/m0/s1. The van der Waals surface area contributed by atoms with Crippen molar-refractivity contribution in [3.05, 3.63) is 35.9 Å². The molecule has 0 bridgehead atoms. The number of carbonyl (C=O) groups excluding carboxylic acids is 1. The van der Waals surface area contributed by atoms with Crippen molar-refractivity contribution in [3.8, 4) is 0 Å². The van der Waals surface area contributed by atoms with Gasteiger partial charge in [0, 0.05) is 13.1 Å².